The molecule has 136 valence electrons. The Hall–Kier alpha value is -0.830. The van der Waals surface area contributed by atoms with E-state index in [2.05, 4.69) is 31.7 Å². The molecule has 1 fully saturated rings. The molecule has 1 aromatic rings. The number of aromatic nitrogens is 2. The van der Waals surface area contributed by atoms with Crippen LogP contribution in [0, 0.1) is 6.92 Å². The van der Waals surface area contributed by atoms with Crippen molar-refractivity contribution in [2.45, 2.75) is 64.2 Å². The van der Waals surface area contributed by atoms with Gasteiger partial charge >= 0.3 is 6.18 Å². The van der Waals surface area contributed by atoms with E-state index in [4.69, 9.17) is 12.2 Å². The Morgan fingerprint density at radius 3 is 2.58 bits per heavy atom. The minimum absolute atomic E-state index is 0.0115. The lowest BCUT2D eigenvalue weighted by atomic mass is 9.96. The van der Waals surface area contributed by atoms with Gasteiger partial charge in [-0.25, -0.2) is 0 Å². The normalized spacial score (nSPS) is 16.2. The molecule has 1 saturated carbocycles. The fraction of sp³-hybridized carbons (Fsp3) is 0.733. The molecule has 0 aliphatic heterocycles. The van der Waals surface area contributed by atoms with Crippen LogP contribution < -0.4 is 10.6 Å². The summed E-state index contributed by atoms with van der Waals surface area (Å²) in [5.74, 6) is 0. The zero-order valence-electron chi connectivity index (χ0n) is 13.5. The van der Waals surface area contributed by atoms with Gasteiger partial charge in [-0.05, 0) is 54.3 Å². The monoisotopic (exact) mass is 426 g/mol. The minimum Gasteiger partial charge on any atom is -0.363 e. The first-order valence-electron chi connectivity index (χ1n) is 8.13. The molecule has 9 heteroatoms. The average Bonchev–Trinajstić information content (AvgIpc) is 2.81. The van der Waals surface area contributed by atoms with Gasteiger partial charge in [-0.1, -0.05) is 19.3 Å². The van der Waals surface area contributed by atoms with Gasteiger partial charge in [-0.15, -0.1) is 0 Å². The highest BCUT2D eigenvalue weighted by molar-refractivity contribution is 9.10. The number of hydrogen-bond donors (Lipinski definition) is 2. The number of thiocarbonyl (C=S) groups is 1. The van der Waals surface area contributed by atoms with E-state index in [0.717, 1.165) is 12.8 Å². The summed E-state index contributed by atoms with van der Waals surface area (Å²) in [5.41, 5.74) is -0.396. The Labute approximate surface area is 153 Å². The smallest absolute Gasteiger partial charge is 0.363 e. The molecule has 0 saturated heterocycles. The molecule has 0 atom stereocenters. The zero-order valence-corrected chi connectivity index (χ0v) is 16.0. The Bertz CT molecular complexity index is 568. The van der Waals surface area contributed by atoms with Crippen molar-refractivity contribution in [3.8, 4) is 0 Å². The first-order chi connectivity index (χ1) is 11.3. The number of aryl methyl sites for hydroxylation is 1. The van der Waals surface area contributed by atoms with E-state index in [1.54, 1.807) is 6.92 Å². The van der Waals surface area contributed by atoms with E-state index in [-0.39, 0.29) is 4.47 Å². The molecule has 0 aromatic carbocycles. The number of hydrogen-bond acceptors (Lipinski definition) is 2. The van der Waals surface area contributed by atoms with Crippen LogP contribution in [0.15, 0.2) is 4.47 Å². The van der Waals surface area contributed by atoms with Gasteiger partial charge in [0, 0.05) is 19.1 Å². The van der Waals surface area contributed by atoms with E-state index < -0.39 is 11.9 Å². The molecular formula is C15H22BrF3N4S. The van der Waals surface area contributed by atoms with Gasteiger partial charge in [0.1, 0.15) is 0 Å². The van der Waals surface area contributed by atoms with Crippen molar-refractivity contribution in [1.29, 1.82) is 0 Å². The third-order valence-electron chi connectivity index (χ3n) is 4.17. The van der Waals surface area contributed by atoms with Crippen LogP contribution in [0.1, 0.15) is 49.9 Å². The van der Waals surface area contributed by atoms with Gasteiger partial charge in [0.25, 0.3) is 0 Å². The second kappa shape index (κ2) is 8.51. The first-order valence-corrected chi connectivity index (χ1v) is 9.33. The molecule has 24 heavy (non-hydrogen) atoms. The van der Waals surface area contributed by atoms with Gasteiger partial charge < -0.3 is 10.6 Å². The van der Waals surface area contributed by atoms with Gasteiger partial charge in [0.15, 0.2) is 10.8 Å². The Morgan fingerprint density at radius 1 is 1.33 bits per heavy atom. The third kappa shape index (κ3) is 5.34. The third-order valence-corrected chi connectivity index (χ3v) is 5.39. The lowest BCUT2D eigenvalue weighted by Crippen LogP contribution is -2.43. The maximum Gasteiger partial charge on any atom is 0.436 e. The van der Waals surface area contributed by atoms with Crippen molar-refractivity contribution in [2.24, 2.45) is 0 Å². The van der Waals surface area contributed by atoms with Crippen molar-refractivity contribution >= 4 is 33.3 Å². The topological polar surface area (TPSA) is 41.9 Å². The number of rotatable bonds is 5. The number of halogens is 4. The largest absolute Gasteiger partial charge is 0.436 e. The molecule has 1 aliphatic rings. The molecule has 0 radical (unpaired) electrons. The Morgan fingerprint density at radius 2 is 2.00 bits per heavy atom. The average molecular weight is 427 g/mol. The molecule has 0 unspecified atom stereocenters. The van der Waals surface area contributed by atoms with Crippen LogP contribution in [0.3, 0.4) is 0 Å². The molecule has 1 aromatic heterocycles. The summed E-state index contributed by atoms with van der Waals surface area (Å²) in [6.07, 6.45) is 2.23. The highest BCUT2D eigenvalue weighted by Gasteiger charge is 2.37. The summed E-state index contributed by atoms with van der Waals surface area (Å²) in [4.78, 5) is 0. The van der Waals surface area contributed by atoms with Crippen LogP contribution >= 0.6 is 28.1 Å². The molecule has 4 nitrogen and oxygen atoms in total. The molecule has 0 amide bonds. The fourth-order valence-corrected chi connectivity index (χ4v) is 3.61. The molecule has 2 N–H and O–H groups in total. The molecular weight excluding hydrogens is 405 g/mol. The van der Waals surface area contributed by atoms with Crippen molar-refractivity contribution in [3.05, 3.63) is 15.9 Å². The predicted octanol–water partition coefficient (Wildman–Crippen LogP) is 4.16. The van der Waals surface area contributed by atoms with Crippen molar-refractivity contribution in [2.75, 3.05) is 6.54 Å². The minimum atomic E-state index is -4.45. The number of nitrogens with one attached hydrogen (secondary N) is 2. The van der Waals surface area contributed by atoms with Crippen molar-refractivity contribution in [1.82, 2.24) is 20.4 Å². The van der Waals surface area contributed by atoms with Gasteiger partial charge in [0.2, 0.25) is 0 Å². The molecule has 1 heterocycles. The van der Waals surface area contributed by atoms with E-state index in [0.29, 0.717) is 36.4 Å². The fourth-order valence-electron chi connectivity index (χ4n) is 2.84. The first kappa shape index (κ1) is 19.5. The standard InChI is InChI=1S/C15H22BrF3N4S/c1-10-12(16)13(15(17,18)19)22-23(10)9-5-8-20-14(24)21-11-6-3-2-4-7-11/h11H,2-9H2,1H3,(H2,20,21,24). The van der Waals surface area contributed by atoms with Crippen molar-refractivity contribution < 1.29 is 13.2 Å². The quantitative estimate of drug-likeness (QED) is 0.547. The van der Waals surface area contributed by atoms with Gasteiger partial charge in [0.05, 0.1) is 10.2 Å². The van der Waals surface area contributed by atoms with Crippen LogP contribution in [0.25, 0.3) is 0 Å². The maximum atomic E-state index is 12.8. The maximum absolute atomic E-state index is 12.8. The number of alkyl halides is 3. The Kier molecular flexibility index (Phi) is 6.91. The van der Waals surface area contributed by atoms with Crippen LogP contribution in [0.4, 0.5) is 13.2 Å². The molecule has 2 rings (SSSR count). The van der Waals surface area contributed by atoms with Crippen molar-refractivity contribution in [3.63, 3.8) is 0 Å². The van der Waals surface area contributed by atoms with Gasteiger partial charge in [-0.3, -0.25) is 4.68 Å². The highest BCUT2D eigenvalue weighted by Crippen LogP contribution is 2.35. The zero-order chi connectivity index (χ0) is 17.7. The van der Waals surface area contributed by atoms with Crippen LogP contribution in [-0.2, 0) is 12.7 Å². The SMILES string of the molecule is Cc1c(Br)c(C(F)(F)F)nn1CCCNC(=S)NC1CCCCC1. The Balaban J connectivity index is 1.75. The second-order valence-electron chi connectivity index (χ2n) is 6.06. The lowest BCUT2D eigenvalue weighted by Gasteiger charge is -2.24. The van der Waals surface area contributed by atoms with E-state index in [1.807, 2.05) is 0 Å². The highest BCUT2D eigenvalue weighted by atomic mass is 79.9. The molecule has 0 spiro atoms. The number of nitrogens with zero attached hydrogens (tertiary/aromatic N) is 2. The van der Waals surface area contributed by atoms with Crippen LogP contribution in [0.5, 0.6) is 0 Å². The van der Waals surface area contributed by atoms with E-state index in [9.17, 15) is 13.2 Å². The summed E-state index contributed by atoms with van der Waals surface area (Å²) in [5, 5.41) is 10.7. The summed E-state index contributed by atoms with van der Waals surface area (Å²) < 4.78 is 39.8. The molecule has 1 aliphatic carbocycles. The summed E-state index contributed by atoms with van der Waals surface area (Å²) in [7, 11) is 0. The summed E-state index contributed by atoms with van der Waals surface area (Å²) >= 11 is 8.24. The summed E-state index contributed by atoms with van der Waals surface area (Å²) in [6, 6.07) is 0.442. The molecule has 0 bridgehead atoms. The lowest BCUT2D eigenvalue weighted by molar-refractivity contribution is -0.142. The summed E-state index contributed by atoms with van der Waals surface area (Å²) in [6.45, 7) is 2.62. The van der Waals surface area contributed by atoms with Gasteiger partial charge in [-0.2, -0.15) is 18.3 Å². The van der Waals surface area contributed by atoms with E-state index >= 15 is 0 Å². The van der Waals surface area contributed by atoms with E-state index in [1.165, 1.54) is 23.9 Å². The van der Waals surface area contributed by atoms with Crippen LogP contribution in [0.2, 0.25) is 0 Å². The predicted molar refractivity (Wildman–Crippen MR) is 94.9 cm³/mol. The second-order valence-corrected chi connectivity index (χ2v) is 7.26. The van der Waals surface area contributed by atoms with Crippen LogP contribution in [-0.4, -0.2) is 27.5 Å².